The van der Waals surface area contributed by atoms with E-state index in [1.807, 2.05) is 36.4 Å². The Hall–Kier alpha value is -3.54. The predicted molar refractivity (Wildman–Crippen MR) is 93.3 cm³/mol. The fourth-order valence-corrected chi connectivity index (χ4v) is 2.44. The molecule has 0 amide bonds. The molecule has 0 N–H and O–H groups in total. The average Bonchev–Trinajstić information content (AvgIpc) is 2.70. The van der Waals surface area contributed by atoms with Gasteiger partial charge >= 0.3 is 0 Å². The molecule has 0 bridgehead atoms. The molecule has 0 aliphatic carbocycles. The number of rotatable bonds is 4. The third-order valence-corrected chi connectivity index (χ3v) is 3.67. The second kappa shape index (κ2) is 6.92. The maximum Gasteiger partial charge on any atom is 0.163 e. The van der Waals surface area contributed by atoms with Crippen molar-refractivity contribution in [2.75, 3.05) is 0 Å². The summed E-state index contributed by atoms with van der Waals surface area (Å²) in [5, 5.41) is 0. The van der Waals surface area contributed by atoms with Crippen LogP contribution in [0.2, 0.25) is 0 Å². The lowest BCUT2D eigenvalue weighted by Gasteiger charge is -2.07. The Morgan fingerprint density at radius 1 is 0.520 bits per heavy atom. The van der Waals surface area contributed by atoms with E-state index in [2.05, 4.69) is 29.9 Å². The van der Waals surface area contributed by atoms with E-state index in [-0.39, 0.29) is 0 Å². The van der Waals surface area contributed by atoms with E-state index in [0.29, 0.717) is 23.9 Å². The van der Waals surface area contributed by atoms with Crippen molar-refractivity contribution >= 4 is 0 Å². The number of aromatic nitrogens is 6. The van der Waals surface area contributed by atoms with Gasteiger partial charge in [-0.15, -0.1) is 0 Å². The minimum atomic E-state index is 0.612. The van der Waals surface area contributed by atoms with Gasteiger partial charge in [0.1, 0.15) is 5.82 Å². The van der Waals surface area contributed by atoms with Crippen molar-refractivity contribution in [3.05, 3.63) is 85.0 Å². The second-order valence-electron chi connectivity index (χ2n) is 5.40. The summed E-state index contributed by atoms with van der Waals surface area (Å²) in [5.74, 6) is 1.97. The van der Waals surface area contributed by atoms with Crippen LogP contribution in [0.3, 0.4) is 0 Å². The Balaban J connectivity index is 1.80. The van der Waals surface area contributed by atoms with Gasteiger partial charge in [0, 0.05) is 54.7 Å². The molecule has 0 spiro atoms. The normalized spacial score (nSPS) is 10.6. The molecule has 6 heteroatoms. The lowest BCUT2D eigenvalue weighted by Crippen LogP contribution is -2.04. The van der Waals surface area contributed by atoms with Crippen LogP contribution in [0.15, 0.2) is 73.6 Å². The Labute approximate surface area is 144 Å². The van der Waals surface area contributed by atoms with Crippen molar-refractivity contribution in [2.45, 2.75) is 6.42 Å². The summed E-state index contributed by atoms with van der Waals surface area (Å²) < 4.78 is 0. The summed E-state index contributed by atoms with van der Waals surface area (Å²) in [6.45, 7) is 0. The van der Waals surface area contributed by atoms with Gasteiger partial charge in [-0.3, -0.25) is 15.0 Å². The van der Waals surface area contributed by atoms with E-state index in [1.165, 1.54) is 0 Å². The highest BCUT2D eigenvalue weighted by Crippen LogP contribution is 2.20. The number of pyridine rings is 3. The van der Waals surface area contributed by atoms with Crippen LogP contribution in [0.4, 0.5) is 0 Å². The van der Waals surface area contributed by atoms with E-state index in [9.17, 15) is 0 Å². The highest BCUT2D eigenvalue weighted by atomic mass is 15.0. The molecular weight excluding hydrogens is 312 g/mol. The van der Waals surface area contributed by atoms with Gasteiger partial charge < -0.3 is 0 Å². The molecule has 4 heterocycles. The first kappa shape index (κ1) is 15.0. The molecule has 120 valence electrons. The fraction of sp³-hybridized carbons (Fsp3) is 0.0526. The quantitative estimate of drug-likeness (QED) is 0.574. The van der Waals surface area contributed by atoms with Crippen LogP contribution in [0, 0.1) is 0 Å². The third kappa shape index (κ3) is 3.53. The molecule has 4 aromatic heterocycles. The first-order valence-corrected chi connectivity index (χ1v) is 7.83. The standard InChI is InChI=1S/C19H14N6/c1-7-20-8-2-14(1)13-17-23-18(15-3-9-21-10-4-15)25-19(24-17)16-5-11-22-12-6-16/h1-12H,13H2. The zero-order chi connectivity index (χ0) is 16.9. The summed E-state index contributed by atoms with van der Waals surface area (Å²) in [6, 6.07) is 11.5. The molecule has 4 rings (SSSR count). The average molecular weight is 326 g/mol. The highest BCUT2D eigenvalue weighted by Gasteiger charge is 2.11. The largest absolute Gasteiger partial charge is 0.265 e. The van der Waals surface area contributed by atoms with Gasteiger partial charge in [-0.05, 0) is 42.0 Å². The molecule has 0 aliphatic rings. The van der Waals surface area contributed by atoms with Crippen molar-refractivity contribution in [1.82, 2.24) is 29.9 Å². The van der Waals surface area contributed by atoms with Gasteiger partial charge in [-0.25, -0.2) is 15.0 Å². The van der Waals surface area contributed by atoms with Crippen molar-refractivity contribution in [3.63, 3.8) is 0 Å². The van der Waals surface area contributed by atoms with Crippen LogP contribution in [0.25, 0.3) is 22.8 Å². The summed E-state index contributed by atoms with van der Waals surface area (Å²) in [5.41, 5.74) is 2.91. The van der Waals surface area contributed by atoms with Crippen molar-refractivity contribution in [3.8, 4) is 22.8 Å². The van der Waals surface area contributed by atoms with Gasteiger partial charge in [0.15, 0.2) is 11.6 Å². The summed E-state index contributed by atoms with van der Waals surface area (Å²) >= 11 is 0. The monoisotopic (exact) mass is 326 g/mol. The molecule has 0 unspecified atom stereocenters. The number of hydrogen-bond donors (Lipinski definition) is 0. The van der Waals surface area contributed by atoms with E-state index < -0.39 is 0 Å². The molecule has 25 heavy (non-hydrogen) atoms. The number of nitrogens with zero attached hydrogens (tertiary/aromatic N) is 6. The van der Waals surface area contributed by atoms with Crippen LogP contribution in [-0.4, -0.2) is 29.9 Å². The van der Waals surface area contributed by atoms with E-state index in [1.54, 1.807) is 37.2 Å². The zero-order valence-corrected chi connectivity index (χ0v) is 13.3. The molecule has 4 aromatic rings. The van der Waals surface area contributed by atoms with Gasteiger partial charge in [0.25, 0.3) is 0 Å². The Morgan fingerprint density at radius 3 is 1.44 bits per heavy atom. The lowest BCUT2D eigenvalue weighted by molar-refractivity contribution is 0.930. The van der Waals surface area contributed by atoms with Crippen LogP contribution < -0.4 is 0 Å². The topological polar surface area (TPSA) is 77.3 Å². The molecule has 0 aliphatic heterocycles. The molecule has 0 atom stereocenters. The van der Waals surface area contributed by atoms with Gasteiger partial charge in [0.2, 0.25) is 0 Å². The summed E-state index contributed by atoms with van der Waals surface area (Å²) in [7, 11) is 0. The summed E-state index contributed by atoms with van der Waals surface area (Å²) in [6.07, 6.45) is 11.1. The molecule has 0 aromatic carbocycles. The lowest BCUT2D eigenvalue weighted by atomic mass is 10.2. The molecule has 0 saturated carbocycles. The molecule has 6 nitrogen and oxygen atoms in total. The Kier molecular flexibility index (Phi) is 4.16. The second-order valence-corrected chi connectivity index (χ2v) is 5.40. The van der Waals surface area contributed by atoms with Crippen LogP contribution >= 0.6 is 0 Å². The van der Waals surface area contributed by atoms with Crippen molar-refractivity contribution in [2.24, 2.45) is 0 Å². The number of hydrogen-bond acceptors (Lipinski definition) is 6. The van der Waals surface area contributed by atoms with Crippen molar-refractivity contribution < 1.29 is 0 Å². The Bertz CT molecular complexity index is 901. The van der Waals surface area contributed by atoms with Gasteiger partial charge in [-0.2, -0.15) is 0 Å². The fourth-order valence-electron chi connectivity index (χ4n) is 2.44. The van der Waals surface area contributed by atoms with Crippen LogP contribution in [0.1, 0.15) is 11.4 Å². The highest BCUT2D eigenvalue weighted by molar-refractivity contribution is 5.60. The van der Waals surface area contributed by atoms with E-state index >= 15 is 0 Å². The molecular formula is C19H14N6. The Morgan fingerprint density at radius 2 is 0.960 bits per heavy atom. The van der Waals surface area contributed by atoms with Gasteiger partial charge in [0.05, 0.1) is 0 Å². The van der Waals surface area contributed by atoms with E-state index in [4.69, 9.17) is 0 Å². The maximum atomic E-state index is 4.64. The minimum absolute atomic E-state index is 0.612. The van der Waals surface area contributed by atoms with Crippen LogP contribution in [0.5, 0.6) is 0 Å². The van der Waals surface area contributed by atoms with Gasteiger partial charge in [-0.1, -0.05) is 0 Å². The first-order chi connectivity index (χ1) is 12.4. The third-order valence-electron chi connectivity index (χ3n) is 3.67. The molecule has 0 fully saturated rings. The zero-order valence-electron chi connectivity index (χ0n) is 13.3. The maximum absolute atomic E-state index is 4.64. The molecule has 0 saturated heterocycles. The summed E-state index contributed by atoms with van der Waals surface area (Å²) in [4.78, 5) is 26.1. The SMILES string of the molecule is c1cc(Cc2nc(-c3ccncc3)nc(-c3ccncc3)n2)ccn1. The molecule has 0 radical (unpaired) electrons. The van der Waals surface area contributed by atoms with E-state index in [0.717, 1.165) is 16.7 Å². The van der Waals surface area contributed by atoms with Crippen molar-refractivity contribution in [1.29, 1.82) is 0 Å². The predicted octanol–water partition coefficient (Wildman–Crippen LogP) is 2.98. The first-order valence-electron chi connectivity index (χ1n) is 7.83. The smallest absolute Gasteiger partial charge is 0.163 e. The van der Waals surface area contributed by atoms with Crippen LogP contribution in [-0.2, 0) is 6.42 Å². The minimum Gasteiger partial charge on any atom is -0.265 e.